The molecule has 0 aliphatic carbocycles. The molecule has 0 atom stereocenters. The fourth-order valence-corrected chi connectivity index (χ4v) is 2.69. The van der Waals surface area contributed by atoms with Gasteiger partial charge in [-0.05, 0) is 36.4 Å². The Labute approximate surface area is 157 Å². The van der Waals surface area contributed by atoms with Crippen LogP contribution in [0.1, 0.15) is 0 Å². The minimum atomic E-state index is -0.788. The molecule has 1 aromatic heterocycles. The van der Waals surface area contributed by atoms with E-state index in [2.05, 4.69) is 10.4 Å². The number of nitrogens with one attached hydrogen (secondary N) is 1. The lowest BCUT2D eigenvalue weighted by Gasteiger charge is -2.09. The van der Waals surface area contributed by atoms with Crippen LogP contribution in [0.25, 0.3) is 11.3 Å². The van der Waals surface area contributed by atoms with Crippen LogP contribution in [0.15, 0.2) is 53.3 Å². The Bertz CT molecular complexity index is 1130. The number of benzene rings is 2. The second-order valence-electron chi connectivity index (χ2n) is 5.95. The number of carbonyl (C=O) groups is 1. The summed E-state index contributed by atoms with van der Waals surface area (Å²) >= 11 is 0. The quantitative estimate of drug-likeness (QED) is 0.747. The summed E-state index contributed by atoms with van der Waals surface area (Å²) in [7, 11) is 0. The third-order valence-corrected chi connectivity index (χ3v) is 4.03. The van der Waals surface area contributed by atoms with Crippen LogP contribution in [-0.4, -0.2) is 22.5 Å². The first-order valence-electron chi connectivity index (χ1n) is 8.23. The molecule has 2 aromatic carbocycles. The van der Waals surface area contributed by atoms with Crippen molar-refractivity contribution in [2.45, 2.75) is 6.54 Å². The Hall–Kier alpha value is -3.75. The van der Waals surface area contributed by atoms with E-state index in [1.165, 1.54) is 12.1 Å². The zero-order chi connectivity index (χ0) is 19.7. The molecule has 0 saturated heterocycles. The van der Waals surface area contributed by atoms with Crippen molar-refractivity contribution >= 4 is 11.6 Å². The smallest absolute Gasteiger partial charge is 0.267 e. The average Bonchev–Trinajstić information content (AvgIpc) is 3.14. The summed E-state index contributed by atoms with van der Waals surface area (Å²) in [5.74, 6) is -1.05. The van der Waals surface area contributed by atoms with E-state index in [-0.39, 0.29) is 12.5 Å². The number of ether oxygens (including phenoxy) is 2. The molecule has 142 valence electrons. The number of carbonyl (C=O) groups excluding carboxylic acids is 1. The minimum Gasteiger partial charge on any atom is -0.454 e. The standard InChI is InChI=1S/C19H13F2N3O4/c20-12-2-3-13(21)15(8-12)22-18(25)9-24-19(26)6-4-14(23-24)11-1-5-16-17(7-11)28-10-27-16/h1-8H,9-10H2,(H,22,25). The van der Waals surface area contributed by atoms with E-state index in [1.54, 1.807) is 18.2 Å². The van der Waals surface area contributed by atoms with Gasteiger partial charge in [0.15, 0.2) is 11.5 Å². The van der Waals surface area contributed by atoms with E-state index in [0.29, 0.717) is 22.8 Å². The van der Waals surface area contributed by atoms with Crippen LogP contribution >= 0.6 is 0 Å². The summed E-state index contributed by atoms with van der Waals surface area (Å²) < 4.78 is 38.4. The molecule has 2 heterocycles. The predicted octanol–water partition coefficient (Wildman–Crippen LogP) is 2.56. The van der Waals surface area contributed by atoms with Crippen LogP contribution in [0.2, 0.25) is 0 Å². The van der Waals surface area contributed by atoms with Gasteiger partial charge in [-0.1, -0.05) is 0 Å². The molecule has 1 N–H and O–H groups in total. The van der Waals surface area contributed by atoms with E-state index >= 15 is 0 Å². The van der Waals surface area contributed by atoms with Crippen LogP contribution in [0.3, 0.4) is 0 Å². The summed E-state index contributed by atoms with van der Waals surface area (Å²) in [5.41, 5.74) is 0.265. The molecule has 0 unspecified atom stereocenters. The zero-order valence-corrected chi connectivity index (χ0v) is 14.3. The van der Waals surface area contributed by atoms with Crippen LogP contribution < -0.4 is 20.3 Å². The van der Waals surface area contributed by atoms with Crippen molar-refractivity contribution < 1.29 is 23.0 Å². The molecule has 9 heteroatoms. The second kappa shape index (κ2) is 7.10. The zero-order valence-electron chi connectivity index (χ0n) is 14.3. The molecule has 28 heavy (non-hydrogen) atoms. The van der Waals surface area contributed by atoms with Crippen molar-refractivity contribution in [1.82, 2.24) is 9.78 Å². The van der Waals surface area contributed by atoms with Gasteiger partial charge in [-0.2, -0.15) is 5.10 Å². The topological polar surface area (TPSA) is 82.5 Å². The first kappa shape index (κ1) is 17.7. The van der Waals surface area contributed by atoms with Gasteiger partial charge in [0.05, 0.1) is 11.4 Å². The van der Waals surface area contributed by atoms with Gasteiger partial charge in [0.1, 0.15) is 18.2 Å². The molecule has 1 aliphatic rings. The molecule has 0 saturated carbocycles. The summed E-state index contributed by atoms with van der Waals surface area (Å²) in [4.78, 5) is 24.2. The number of rotatable bonds is 4. The highest BCUT2D eigenvalue weighted by molar-refractivity contribution is 5.90. The monoisotopic (exact) mass is 385 g/mol. The highest BCUT2D eigenvalue weighted by Crippen LogP contribution is 2.35. The largest absolute Gasteiger partial charge is 0.454 e. The minimum absolute atomic E-state index is 0.128. The Balaban J connectivity index is 1.56. The molecule has 3 aromatic rings. The van der Waals surface area contributed by atoms with Crippen molar-refractivity contribution in [3.8, 4) is 22.8 Å². The van der Waals surface area contributed by atoms with Gasteiger partial charge in [0.25, 0.3) is 5.56 Å². The fourth-order valence-electron chi connectivity index (χ4n) is 2.69. The lowest BCUT2D eigenvalue weighted by Crippen LogP contribution is -2.29. The van der Waals surface area contributed by atoms with Gasteiger partial charge >= 0.3 is 0 Å². The summed E-state index contributed by atoms with van der Waals surface area (Å²) in [6, 6.07) is 10.6. The maximum Gasteiger partial charge on any atom is 0.267 e. The molecule has 0 radical (unpaired) electrons. The fraction of sp³-hybridized carbons (Fsp3) is 0.105. The number of hydrogen-bond acceptors (Lipinski definition) is 5. The van der Waals surface area contributed by atoms with Gasteiger partial charge in [0.2, 0.25) is 12.7 Å². The number of hydrogen-bond donors (Lipinski definition) is 1. The summed E-state index contributed by atoms with van der Waals surface area (Å²) in [6.45, 7) is -0.338. The highest BCUT2D eigenvalue weighted by Gasteiger charge is 2.16. The molecule has 0 bridgehead atoms. The van der Waals surface area contributed by atoms with Crippen LogP contribution in [0, 0.1) is 11.6 Å². The van der Waals surface area contributed by atoms with Gasteiger partial charge < -0.3 is 14.8 Å². The van der Waals surface area contributed by atoms with E-state index in [1.807, 2.05) is 0 Å². The molecule has 0 fully saturated rings. The van der Waals surface area contributed by atoms with Gasteiger partial charge in [-0.15, -0.1) is 0 Å². The van der Waals surface area contributed by atoms with Crippen LogP contribution in [0.5, 0.6) is 11.5 Å². The molecule has 1 amide bonds. The number of fused-ring (bicyclic) bond motifs is 1. The normalized spacial score (nSPS) is 12.1. The van der Waals surface area contributed by atoms with Crippen molar-refractivity contribution in [3.63, 3.8) is 0 Å². The maximum absolute atomic E-state index is 13.7. The lowest BCUT2D eigenvalue weighted by molar-refractivity contribution is -0.117. The second-order valence-corrected chi connectivity index (χ2v) is 5.95. The first-order valence-corrected chi connectivity index (χ1v) is 8.23. The Kier molecular flexibility index (Phi) is 4.48. The SMILES string of the molecule is O=C(Cn1nc(-c2ccc3c(c2)OCO3)ccc1=O)Nc1cc(F)ccc1F. The van der Waals surface area contributed by atoms with Crippen LogP contribution in [-0.2, 0) is 11.3 Å². The van der Waals surface area contributed by atoms with Crippen molar-refractivity contribution in [2.75, 3.05) is 12.1 Å². The number of halogens is 2. The van der Waals surface area contributed by atoms with Gasteiger partial charge in [-0.25, -0.2) is 13.5 Å². The Morgan fingerprint density at radius 1 is 1.07 bits per heavy atom. The molecule has 4 rings (SSSR count). The van der Waals surface area contributed by atoms with Crippen molar-refractivity contribution in [2.24, 2.45) is 0 Å². The first-order chi connectivity index (χ1) is 13.5. The number of anilines is 1. The van der Waals surface area contributed by atoms with E-state index < -0.39 is 29.6 Å². The summed E-state index contributed by atoms with van der Waals surface area (Å²) in [5, 5.41) is 6.40. The predicted molar refractivity (Wildman–Crippen MR) is 95.0 cm³/mol. The van der Waals surface area contributed by atoms with E-state index in [9.17, 15) is 18.4 Å². The number of amides is 1. The lowest BCUT2D eigenvalue weighted by atomic mass is 10.1. The average molecular weight is 385 g/mol. The van der Waals surface area contributed by atoms with Crippen molar-refractivity contribution in [3.05, 3.63) is 70.5 Å². The van der Waals surface area contributed by atoms with E-state index in [4.69, 9.17) is 9.47 Å². The molecular formula is C19H13F2N3O4. The molecule has 0 spiro atoms. The maximum atomic E-state index is 13.7. The molecular weight excluding hydrogens is 372 g/mol. The highest BCUT2D eigenvalue weighted by atomic mass is 19.1. The Morgan fingerprint density at radius 3 is 2.75 bits per heavy atom. The van der Waals surface area contributed by atoms with Crippen LogP contribution in [0.4, 0.5) is 14.5 Å². The third kappa shape index (κ3) is 3.54. The van der Waals surface area contributed by atoms with Gasteiger partial charge in [0, 0.05) is 17.7 Å². The third-order valence-electron chi connectivity index (χ3n) is 4.03. The van der Waals surface area contributed by atoms with E-state index in [0.717, 1.165) is 22.9 Å². The van der Waals surface area contributed by atoms with Gasteiger partial charge in [-0.3, -0.25) is 9.59 Å². The summed E-state index contributed by atoms with van der Waals surface area (Å²) in [6.07, 6.45) is 0. The number of aromatic nitrogens is 2. The Morgan fingerprint density at radius 2 is 1.89 bits per heavy atom. The van der Waals surface area contributed by atoms with Crippen molar-refractivity contribution in [1.29, 1.82) is 0 Å². The molecule has 7 nitrogen and oxygen atoms in total. The molecule has 1 aliphatic heterocycles. The number of nitrogens with zero attached hydrogens (tertiary/aromatic N) is 2.